The van der Waals surface area contributed by atoms with Crippen molar-refractivity contribution in [3.8, 4) is 0 Å². The van der Waals surface area contributed by atoms with E-state index in [4.69, 9.17) is 11.6 Å². The Hall–Kier alpha value is -1.89. The van der Waals surface area contributed by atoms with Crippen molar-refractivity contribution < 1.29 is 12.8 Å². The van der Waals surface area contributed by atoms with Crippen LogP contribution in [-0.4, -0.2) is 18.9 Å². The Morgan fingerprint density at radius 1 is 1.17 bits per heavy atom. The quantitative estimate of drug-likeness (QED) is 0.759. The van der Waals surface area contributed by atoms with E-state index in [1.807, 2.05) is 12.1 Å². The van der Waals surface area contributed by atoms with Gasteiger partial charge in [0.25, 0.3) is 10.0 Å². The standard InChI is InChI=1S/C17H14ClFN2O2S/c18-14-8-13(4-5-15(14)19)24(22,23)21-10-12-6-7-20-9-11-2-1-3-16(21)17(11)12/h1-5,8,10,20H,6-7,9H2. The molecule has 0 amide bonds. The third kappa shape index (κ3) is 2.33. The minimum atomic E-state index is -3.85. The smallest absolute Gasteiger partial charge is 0.268 e. The fourth-order valence-electron chi connectivity index (χ4n) is 3.15. The van der Waals surface area contributed by atoms with Crippen LogP contribution in [-0.2, 0) is 23.0 Å². The van der Waals surface area contributed by atoms with E-state index in [1.54, 1.807) is 12.3 Å². The summed E-state index contributed by atoms with van der Waals surface area (Å²) >= 11 is 5.76. The third-order valence-electron chi connectivity index (χ3n) is 4.29. The molecule has 1 N–H and O–H groups in total. The Morgan fingerprint density at radius 2 is 2.00 bits per heavy atom. The monoisotopic (exact) mass is 364 g/mol. The van der Waals surface area contributed by atoms with E-state index in [1.165, 1.54) is 10.0 Å². The predicted octanol–water partition coefficient (Wildman–Crippen LogP) is 3.32. The number of rotatable bonds is 2. The minimum Gasteiger partial charge on any atom is -0.312 e. The summed E-state index contributed by atoms with van der Waals surface area (Å²) in [5, 5.41) is 4.09. The average molecular weight is 365 g/mol. The molecule has 7 heteroatoms. The topological polar surface area (TPSA) is 51.1 Å². The summed E-state index contributed by atoms with van der Waals surface area (Å²) in [5.74, 6) is -0.642. The molecule has 0 unspecified atom stereocenters. The SMILES string of the molecule is O=S(=O)(c1ccc(F)c(Cl)c1)n1cc2c3c(cccc31)CNCC2. The summed E-state index contributed by atoms with van der Waals surface area (Å²) in [6, 6.07) is 9.08. The highest BCUT2D eigenvalue weighted by atomic mass is 35.5. The van der Waals surface area contributed by atoms with E-state index in [-0.39, 0.29) is 9.92 Å². The maximum Gasteiger partial charge on any atom is 0.268 e. The second-order valence-corrected chi connectivity index (χ2v) is 7.99. The summed E-state index contributed by atoms with van der Waals surface area (Å²) in [6.45, 7) is 1.49. The van der Waals surface area contributed by atoms with Crippen LogP contribution in [0, 0.1) is 5.82 Å². The van der Waals surface area contributed by atoms with Crippen molar-refractivity contribution in [1.82, 2.24) is 9.29 Å². The Morgan fingerprint density at radius 3 is 2.79 bits per heavy atom. The van der Waals surface area contributed by atoms with Gasteiger partial charge in [-0.2, -0.15) is 0 Å². The maximum absolute atomic E-state index is 13.4. The van der Waals surface area contributed by atoms with Crippen molar-refractivity contribution in [3.05, 3.63) is 64.6 Å². The summed E-state index contributed by atoms with van der Waals surface area (Å²) in [5.41, 5.74) is 2.69. The predicted molar refractivity (Wildman–Crippen MR) is 91.3 cm³/mol. The van der Waals surface area contributed by atoms with Crippen LogP contribution >= 0.6 is 11.6 Å². The molecule has 2 heterocycles. The molecular weight excluding hydrogens is 351 g/mol. The fraction of sp³-hybridized carbons (Fsp3) is 0.176. The molecule has 0 saturated heterocycles. The second kappa shape index (κ2) is 5.58. The number of nitrogens with one attached hydrogen (secondary N) is 1. The molecule has 0 bridgehead atoms. The van der Waals surface area contributed by atoms with Crippen LogP contribution in [0.4, 0.5) is 4.39 Å². The van der Waals surface area contributed by atoms with Gasteiger partial charge in [-0.05, 0) is 48.4 Å². The van der Waals surface area contributed by atoms with E-state index < -0.39 is 15.8 Å². The fourth-order valence-corrected chi connectivity index (χ4v) is 4.81. The summed E-state index contributed by atoms with van der Waals surface area (Å²) in [4.78, 5) is -0.0297. The Kier molecular flexibility index (Phi) is 3.63. The third-order valence-corrected chi connectivity index (χ3v) is 6.25. The van der Waals surface area contributed by atoms with Crippen LogP contribution in [0.3, 0.4) is 0 Å². The first kappa shape index (κ1) is 15.6. The van der Waals surface area contributed by atoms with Gasteiger partial charge < -0.3 is 5.32 Å². The van der Waals surface area contributed by atoms with Crippen LogP contribution < -0.4 is 5.32 Å². The lowest BCUT2D eigenvalue weighted by Crippen LogP contribution is -2.15. The molecule has 1 aliphatic rings. The largest absolute Gasteiger partial charge is 0.312 e. The zero-order chi connectivity index (χ0) is 16.9. The van der Waals surface area contributed by atoms with Crippen molar-refractivity contribution in [1.29, 1.82) is 0 Å². The van der Waals surface area contributed by atoms with Crippen LogP contribution in [0.15, 0.2) is 47.5 Å². The molecule has 1 aliphatic heterocycles. The van der Waals surface area contributed by atoms with E-state index in [0.29, 0.717) is 12.1 Å². The first-order valence-electron chi connectivity index (χ1n) is 7.51. The Bertz CT molecular complexity index is 1060. The molecule has 4 nitrogen and oxygen atoms in total. The molecule has 0 fully saturated rings. The Balaban J connectivity index is 1.98. The van der Waals surface area contributed by atoms with Gasteiger partial charge in [-0.25, -0.2) is 16.8 Å². The molecule has 4 rings (SSSR count). The Labute approximate surface area is 143 Å². The zero-order valence-electron chi connectivity index (χ0n) is 12.6. The molecule has 124 valence electrons. The van der Waals surface area contributed by atoms with Gasteiger partial charge >= 0.3 is 0 Å². The molecular formula is C17H14ClFN2O2S. The highest BCUT2D eigenvalue weighted by molar-refractivity contribution is 7.90. The molecule has 0 aliphatic carbocycles. The molecule has 0 saturated carbocycles. The van der Waals surface area contributed by atoms with Gasteiger partial charge in [0, 0.05) is 18.1 Å². The van der Waals surface area contributed by atoms with Crippen molar-refractivity contribution in [2.75, 3.05) is 6.54 Å². The number of aromatic nitrogens is 1. The van der Waals surface area contributed by atoms with Gasteiger partial charge in [0.05, 0.1) is 15.4 Å². The lowest BCUT2D eigenvalue weighted by molar-refractivity contribution is 0.587. The number of nitrogens with zero attached hydrogens (tertiary/aromatic N) is 1. The molecule has 2 aromatic carbocycles. The lowest BCUT2D eigenvalue weighted by atomic mass is 10.1. The van der Waals surface area contributed by atoms with Crippen LogP contribution in [0.5, 0.6) is 0 Å². The lowest BCUT2D eigenvalue weighted by Gasteiger charge is -2.09. The molecule has 3 aromatic rings. The summed E-state index contributed by atoms with van der Waals surface area (Å²) in [6.07, 6.45) is 2.41. The van der Waals surface area contributed by atoms with E-state index in [0.717, 1.165) is 41.6 Å². The molecule has 0 radical (unpaired) electrons. The van der Waals surface area contributed by atoms with Gasteiger partial charge in [-0.15, -0.1) is 0 Å². The van der Waals surface area contributed by atoms with E-state index in [9.17, 15) is 12.8 Å². The van der Waals surface area contributed by atoms with Gasteiger partial charge in [-0.1, -0.05) is 23.7 Å². The van der Waals surface area contributed by atoms with Crippen molar-refractivity contribution in [2.45, 2.75) is 17.9 Å². The van der Waals surface area contributed by atoms with Gasteiger partial charge in [-0.3, -0.25) is 0 Å². The van der Waals surface area contributed by atoms with Crippen molar-refractivity contribution >= 4 is 32.5 Å². The number of benzene rings is 2. The van der Waals surface area contributed by atoms with Crippen molar-refractivity contribution in [2.24, 2.45) is 0 Å². The van der Waals surface area contributed by atoms with Gasteiger partial charge in [0.2, 0.25) is 0 Å². The highest BCUT2D eigenvalue weighted by Gasteiger charge is 2.24. The zero-order valence-corrected chi connectivity index (χ0v) is 14.2. The highest BCUT2D eigenvalue weighted by Crippen LogP contribution is 2.31. The van der Waals surface area contributed by atoms with E-state index >= 15 is 0 Å². The number of halogens is 2. The van der Waals surface area contributed by atoms with Crippen LogP contribution in [0.25, 0.3) is 10.9 Å². The van der Waals surface area contributed by atoms with Gasteiger partial charge in [0.15, 0.2) is 0 Å². The second-order valence-electron chi connectivity index (χ2n) is 5.77. The van der Waals surface area contributed by atoms with Gasteiger partial charge in [0.1, 0.15) is 5.82 Å². The molecule has 24 heavy (non-hydrogen) atoms. The summed E-state index contributed by atoms with van der Waals surface area (Å²) < 4.78 is 40.7. The van der Waals surface area contributed by atoms with Crippen molar-refractivity contribution in [3.63, 3.8) is 0 Å². The minimum absolute atomic E-state index is 0.0297. The number of hydrogen-bond donors (Lipinski definition) is 1. The molecule has 0 atom stereocenters. The normalized spacial score (nSPS) is 14.8. The first-order valence-corrected chi connectivity index (χ1v) is 9.33. The molecule has 0 spiro atoms. The summed E-state index contributed by atoms with van der Waals surface area (Å²) in [7, 11) is -3.85. The molecule has 1 aromatic heterocycles. The maximum atomic E-state index is 13.4. The number of hydrogen-bond acceptors (Lipinski definition) is 3. The average Bonchev–Trinajstić information content (AvgIpc) is 2.81. The first-order chi connectivity index (χ1) is 11.5. The van der Waals surface area contributed by atoms with E-state index in [2.05, 4.69) is 5.32 Å². The van der Waals surface area contributed by atoms with Crippen LogP contribution in [0.2, 0.25) is 5.02 Å². The van der Waals surface area contributed by atoms with Crippen LogP contribution in [0.1, 0.15) is 11.1 Å².